The number of carbonyl (C=O) groups excluding carboxylic acids is 2. The molecule has 6 heteroatoms. The minimum atomic E-state index is -0.259. The van der Waals surface area contributed by atoms with Crippen LogP contribution in [-0.4, -0.2) is 35.9 Å². The van der Waals surface area contributed by atoms with Crippen molar-refractivity contribution in [2.24, 2.45) is 0 Å². The second kappa shape index (κ2) is 8.39. The van der Waals surface area contributed by atoms with E-state index in [1.807, 2.05) is 43.3 Å². The molecule has 2 aromatic rings. The third-order valence-electron chi connectivity index (χ3n) is 3.61. The molecule has 130 valence electrons. The molecular weight excluding hydrogens is 334 g/mol. The number of nitrogens with zero attached hydrogens (tertiary/aromatic N) is 1. The van der Waals surface area contributed by atoms with Gasteiger partial charge in [-0.15, -0.1) is 0 Å². The number of benzene rings is 2. The molecule has 2 rings (SSSR count). The van der Waals surface area contributed by atoms with Gasteiger partial charge in [0.25, 0.3) is 5.91 Å². The second-order valence-corrected chi connectivity index (χ2v) is 6.34. The van der Waals surface area contributed by atoms with Crippen LogP contribution in [0.3, 0.4) is 0 Å². The summed E-state index contributed by atoms with van der Waals surface area (Å²) < 4.78 is 0. The van der Waals surface area contributed by atoms with E-state index in [4.69, 9.17) is 12.2 Å². The Morgan fingerprint density at radius 1 is 1.00 bits per heavy atom. The highest BCUT2D eigenvalue weighted by Crippen LogP contribution is 2.11. The Labute approximate surface area is 153 Å². The number of thiocarbonyl (C=S) groups is 1. The Hall–Kier alpha value is -2.73. The van der Waals surface area contributed by atoms with Gasteiger partial charge >= 0.3 is 0 Å². The molecule has 25 heavy (non-hydrogen) atoms. The number of aryl methyl sites for hydroxylation is 1. The van der Waals surface area contributed by atoms with E-state index >= 15 is 0 Å². The van der Waals surface area contributed by atoms with E-state index in [-0.39, 0.29) is 16.9 Å². The zero-order valence-corrected chi connectivity index (χ0v) is 15.3. The molecule has 0 saturated heterocycles. The number of amides is 2. The van der Waals surface area contributed by atoms with Crippen LogP contribution in [0, 0.1) is 6.92 Å². The molecule has 0 aliphatic carbocycles. The third kappa shape index (κ3) is 5.69. The van der Waals surface area contributed by atoms with Crippen molar-refractivity contribution < 1.29 is 9.59 Å². The van der Waals surface area contributed by atoms with Gasteiger partial charge in [-0.05, 0) is 49.0 Å². The molecule has 0 atom stereocenters. The number of rotatable bonds is 4. The van der Waals surface area contributed by atoms with Crippen LogP contribution in [0.4, 0.5) is 5.69 Å². The average Bonchev–Trinajstić information content (AvgIpc) is 2.57. The normalized spacial score (nSPS) is 10.0. The summed E-state index contributed by atoms with van der Waals surface area (Å²) in [6, 6.07) is 14.6. The molecule has 0 aromatic heterocycles. The molecular formula is C19H21N3O2S. The largest absolute Gasteiger partial charge is 0.349 e. The minimum Gasteiger partial charge on any atom is -0.349 e. The van der Waals surface area contributed by atoms with E-state index in [0.717, 1.165) is 16.8 Å². The zero-order chi connectivity index (χ0) is 18.4. The Balaban J connectivity index is 1.91. The van der Waals surface area contributed by atoms with Crippen LogP contribution in [0.15, 0.2) is 48.5 Å². The van der Waals surface area contributed by atoms with Crippen LogP contribution >= 0.6 is 12.2 Å². The number of carbonyl (C=O) groups is 2. The molecule has 2 amide bonds. The van der Waals surface area contributed by atoms with E-state index in [1.54, 1.807) is 31.1 Å². The molecule has 0 radical (unpaired) electrons. The summed E-state index contributed by atoms with van der Waals surface area (Å²) in [6.07, 6.45) is 0.349. The standard InChI is InChI=1S/C19H21N3O2S/c1-13-4-8-15(9-5-13)18(24)21-19(25)20-16-10-6-14(7-11-16)12-17(23)22(2)3/h4-11H,12H2,1-3H3,(H2,20,21,24,25). The molecule has 0 unspecified atom stereocenters. The van der Waals surface area contributed by atoms with Gasteiger partial charge in [0.05, 0.1) is 6.42 Å². The number of hydrogen-bond donors (Lipinski definition) is 2. The summed E-state index contributed by atoms with van der Waals surface area (Å²) in [6.45, 7) is 1.96. The highest BCUT2D eigenvalue weighted by molar-refractivity contribution is 7.80. The van der Waals surface area contributed by atoms with E-state index in [2.05, 4.69) is 10.6 Å². The predicted octanol–water partition coefficient (Wildman–Crippen LogP) is 2.75. The Bertz CT molecular complexity index is 768. The number of nitrogens with one attached hydrogen (secondary N) is 2. The maximum absolute atomic E-state index is 12.1. The van der Waals surface area contributed by atoms with E-state index in [1.165, 1.54) is 0 Å². The fourth-order valence-electron chi connectivity index (χ4n) is 2.08. The lowest BCUT2D eigenvalue weighted by Gasteiger charge is -2.12. The van der Waals surface area contributed by atoms with Crippen LogP contribution < -0.4 is 10.6 Å². The summed E-state index contributed by atoms with van der Waals surface area (Å²) in [5.41, 5.74) is 3.30. The lowest BCUT2D eigenvalue weighted by molar-refractivity contribution is -0.127. The summed E-state index contributed by atoms with van der Waals surface area (Å²) >= 11 is 5.17. The smallest absolute Gasteiger partial charge is 0.257 e. The first-order chi connectivity index (χ1) is 11.8. The maximum atomic E-state index is 12.1. The van der Waals surface area contributed by atoms with Gasteiger partial charge < -0.3 is 10.2 Å². The molecule has 0 bridgehead atoms. The quantitative estimate of drug-likeness (QED) is 0.828. The van der Waals surface area contributed by atoms with Crippen molar-refractivity contribution in [3.63, 3.8) is 0 Å². The van der Waals surface area contributed by atoms with Crippen LogP contribution in [0.25, 0.3) is 0 Å². The molecule has 0 saturated carbocycles. The first-order valence-electron chi connectivity index (χ1n) is 7.83. The fourth-order valence-corrected chi connectivity index (χ4v) is 2.29. The van der Waals surface area contributed by atoms with Crippen molar-refractivity contribution in [2.75, 3.05) is 19.4 Å². The minimum absolute atomic E-state index is 0.0431. The van der Waals surface area contributed by atoms with Gasteiger partial charge in [-0.25, -0.2) is 0 Å². The number of hydrogen-bond acceptors (Lipinski definition) is 3. The molecule has 0 spiro atoms. The maximum Gasteiger partial charge on any atom is 0.257 e. The summed E-state index contributed by atoms with van der Waals surface area (Å²) in [4.78, 5) is 25.4. The lowest BCUT2D eigenvalue weighted by atomic mass is 10.1. The Morgan fingerprint density at radius 3 is 2.16 bits per heavy atom. The van der Waals surface area contributed by atoms with Gasteiger partial charge in [0.15, 0.2) is 5.11 Å². The summed E-state index contributed by atoms with van der Waals surface area (Å²) in [5.74, 6) is -0.215. The van der Waals surface area contributed by atoms with E-state index in [0.29, 0.717) is 12.0 Å². The molecule has 0 aliphatic rings. The van der Waals surface area contributed by atoms with Crippen LogP contribution in [0.2, 0.25) is 0 Å². The van der Waals surface area contributed by atoms with Crippen molar-refractivity contribution in [3.8, 4) is 0 Å². The first kappa shape index (κ1) is 18.6. The SMILES string of the molecule is Cc1ccc(C(=O)NC(=S)Nc2ccc(CC(=O)N(C)C)cc2)cc1. The molecule has 2 N–H and O–H groups in total. The van der Waals surface area contributed by atoms with Crippen LogP contribution in [0.1, 0.15) is 21.5 Å². The fraction of sp³-hybridized carbons (Fsp3) is 0.211. The topological polar surface area (TPSA) is 61.4 Å². The van der Waals surface area contributed by atoms with Crippen molar-refractivity contribution in [3.05, 3.63) is 65.2 Å². The van der Waals surface area contributed by atoms with Gasteiger partial charge in [0.1, 0.15) is 0 Å². The highest BCUT2D eigenvalue weighted by Gasteiger charge is 2.08. The van der Waals surface area contributed by atoms with Crippen LogP contribution in [0.5, 0.6) is 0 Å². The second-order valence-electron chi connectivity index (χ2n) is 5.94. The van der Waals surface area contributed by atoms with Crippen LogP contribution in [-0.2, 0) is 11.2 Å². The molecule has 0 heterocycles. The monoisotopic (exact) mass is 355 g/mol. The predicted molar refractivity (Wildman–Crippen MR) is 104 cm³/mol. The average molecular weight is 355 g/mol. The van der Waals surface area contributed by atoms with Crippen molar-refractivity contribution in [1.82, 2.24) is 10.2 Å². The zero-order valence-electron chi connectivity index (χ0n) is 14.5. The summed E-state index contributed by atoms with van der Waals surface area (Å²) in [5, 5.41) is 5.83. The number of likely N-dealkylation sites (N-methyl/N-ethyl adjacent to an activating group) is 1. The summed E-state index contributed by atoms with van der Waals surface area (Å²) in [7, 11) is 3.46. The Kier molecular flexibility index (Phi) is 6.25. The highest BCUT2D eigenvalue weighted by atomic mass is 32.1. The van der Waals surface area contributed by atoms with Gasteiger partial charge in [-0.3, -0.25) is 14.9 Å². The van der Waals surface area contributed by atoms with E-state index in [9.17, 15) is 9.59 Å². The van der Waals surface area contributed by atoms with Crippen molar-refractivity contribution in [2.45, 2.75) is 13.3 Å². The van der Waals surface area contributed by atoms with Crippen molar-refractivity contribution >= 4 is 34.8 Å². The first-order valence-corrected chi connectivity index (χ1v) is 8.24. The van der Waals surface area contributed by atoms with Crippen molar-refractivity contribution in [1.29, 1.82) is 0 Å². The molecule has 5 nitrogen and oxygen atoms in total. The molecule has 0 aliphatic heterocycles. The molecule has 0 fully saturated rings. The van der Waals surface area contributed by atoms with Gasteiger partial charge in [-0.1, -0.05) is 29.8 Å². The van der Waals surface area contributed by atoms with E-state index < -0.39 is 0 Å². The van der Waals surface area contributed by atoms with Gasteiger partial charge in [0.2, 0.25) is 5.91 Å². The third-order valence-corrected chi connectivity index (χ3v) is 3.81. The Morgan fingerprint density at radius 2 is 1.60 bits per heavy atom. The van der Waals surface area contributed by atoms with Gasteiger partial charge in [-0.2, -0.15) is 0 Å². The lowest BCUT2D eigenvalue weighted by Crippen LogP contribution is -2.34. The number of anilines is 1. The van der Waals surface area contributed by atoms with Gasteiger partial charge in [0, 0.05) is 25.3 Å². The molecule has 2 aromatic carbocycles.